The Morgan fingerprint density at radius 3 is 2.42 bits per heavy atom. The van der Waals surface area contributed by atoms with E-state index in [0.717, 1.165) is 0 Å². The summed E-state index contributed by atoms with van der Waals surface area (Å²) in [7, 11) is 2.99. The van der Waals surface area contributed by atoms with Crippen LogP contribution in [0.2, 0.25) is 0 Å². The van der Waals surface area contributed by atoms with Crippen LogP contribution in [0.5, 0.6) is 11.5 Å². The molecule has 0 bridgehead atoms. The molecular formula is C18H21N3O5. The summed E-state index contributed by atoms with van der Waals surface area (Å²) < 4.78 is 11.5. The lowest BCUT2D eigenvalue weighted by molar-refractivity contribution is -0.116. The summed E-state index contributed by atoms with van der Waals surface area (Å²) in [5, 5.41) is 2.68. The number of amides is 2. The van der Waals surface area contributed by atoms with Crippen molar-refractivity contribution in [2.24, 2.45) is 5.73 Å². The second-order valence-corrected chi connectivity index (χ2v) is 5.71. The van der Waals surface area contributed by atoms with E-state index < -0.39 is 17.4 Å². The summed E-state index contributed by atoms with van der Waals surface area (Å²) in [6.07, 6.45) is 0. The van der Waals surface area contributed by atoms with Gasteiger partial charge in [-0.15, -0.1) is 0 Å². The van der Waals surface area contributed by atoms with Crippen LogP contribution in [0.25, 0.3) is 0 Å². The molecule has 0 atom stereocenters. The summed E-state index contributed by atoms with van der Waals surface area (Å²) in [6.45, 7) is 3.04. The van der Waals surface area contributed by atoms with E-state index in [4.69, 9.17) is 15.2 Å². The molecular weight excluding hydrogens is 338 g/mol. The van der Waals surface area contributed by atoms with Crippen molar-refractivity contribution in [3.63, 3.8) is 0 Å². The van der Waals surface area contributed by atoms with Gasteiger partial charge in [-0.3, -0.25) is 14.4 Å². The van der Waals surface area contributed by atoms with E-state index in [9.17, 15) is 14.4 Å². The molecule has 2 rings (SSSR count). The molecule has 0 saturated carbocycles. The number of aryl methyl sites for hydroxylation is 2. The number of hydrogen-bond donors (Lipinski definition) is 2. The third kappa shape index (κ3) is 3.85. The van der Waals surface area contributed by atoms with Gasteiger partial charge in [-0.25, -0.2) is 0 Å². The number of primary amides is 1. The molecule has 1 aromatic carbocycles. The van der Waals surface area contributed by atoms with Crippen LogP contribution in [0.1, 0.15) is 21.6 Å². The number of nitrogens with one attached hydrogen (secondary N) is 1. The molecule has 8 nitrogen and oxygen atoms in total. The Kier molecular flexibility index (Phi) is 5.66. The molecule has 0 aliphatic heterocycles. The van der Waals surface area contributed by atoms with Crippen molar-refractivity contribution in [2.75, 3.05) is 19.5 Å². The first-order valence-corrected chi connectivity index (χ1v) is 7.81. The van der Waals surface area contributed by atoms with E-state index in [-0.39, 0.29) is 12.1 Å². The normalized spacial score (nSPS) is 10.3. The molecule has 1 heterocycles. The van der Waals surface area contributed by atoms with Crippen molar-refractivity contribution in [1.29, 1.82) is 0 Å². The molecule has 1 aromatic heterocycles. The standard InChI is InChI=1S/C18H21N3O5/c1-10-7-11(2)21(18(24)16(10)17(19)23)9-15(22)20-13-6-5-12(25-3)8-14(13)26-4/h5-8H,9H2,1-4H3,(H2,19,23)(H,20,22). The van der Waals surface area contributed by atoms with Gasteiger partial charge in [-0.1, -0.05) is 0 Å². The zero-order valence-corrected chi connectivity index (χ0v) is 15.1. The number of nitrogens with two attached hydrogens (primary N) is 1. The second-order valence-electron chi connectivity index (χ2n) is 5.71. The number of carbonyl (C=O) groups is 2. The average molecular weight is 359 g/mol. The average Bonchev–Trinajstić information content (AvgIpc) is 2.58. The van der Waals surface area contributed by atoms with Gasteiger partial charge in [0, 0.05) is 11.8 Å². The van der Waals surface area contributed by atoms with E-state index >= 15 is 0 Å². The zero-order chi connectivity index (χ0) is 19.4. The molecule has 0 spiro atoms. The number of anilines is 1. The number of aromatic nitrogens is 1. The molecule has 2 aromatic rings. The van der Waals surface area contributed by atoms with Crippen LogP contribution in [0.3, 0.4) is 0 Å². The maximum absolute atomic E-state index is 12.5. The van der Waals surface area contributed by atoms with Crippen molar-refractivity contribution in [2.45, 2.75) is 20.4 Å². The van der Waals surface area contributed by atoms with Crippen molar-refractivity contribution >= 4 is 17.5 Å². The summed E-state index contributed by atoms with van der Waals surface area (Å²) in [4.78, 5) is 36.4. The fourth-order valence-corrected chi connectivity index (χ4v) is 2.66. The Balaban J connectivity index is 2.30. The second kappa shape index (κ2) is 7.73. The minimum Gasteiger partial charge on any atom is -0.497 e. The highest BCUT2D eigenvalue weighted by Crippen LogP contribution is 2.28. The molecule has 0 saturated heterocycles. The maximum atomic E-state index is 12.5. The quantitative estimate of drug-likeness (QED) is 0.805. The molecule has 26 heavy (non-hydrogen) atoms. The predicted octanol–water partition coefficient (Wildman–Crippen LogP) is 1.22. The van der Waals surface area contributed by atoms with Crippen molar-refractivity contribution in [3.05, 3.63) is 51.4 Å². The van der Waals surface area contributed by atoms with Crippen LogP contribution < -0.4 is 26.1 Å². The number of carbonyl (C=O) groups excluding carboxylic acids is 2. The summed E-state index contributed by atoms with van der Waals surface area (Å²) in [5.74, 6) is -0.267. The minimum absolute atomic E-state index is 0.120. The topological polar surface area (TPSA) is 113 Å². The lowest BCUT2D eigenvalue weighted by atomic mass is 10.1. The van der Waals surface area contributed by atoms with Gasteiger partial charge in [0.1, 0.15) is 23.6 Å². The third-order valence-electron chi connectivity index (χ3n) is 3.94. The largest absolute Gasteiger partial charge is 0.497 e. The Bertz CT molecular complexity index is 918. The molecule has 0 aliphatic carbocycles. The van der Waals surface area contributed by atoms with E-state index in [0.29, 0.717) is 28.4 Å². The van der Waals surface area contributed by atoms with E-state index in [1.807, 2.05) is 0 Å². The first-order valence-electron chi connectivity index (χ1n) is 7.81. The predicted molar refractivity (Wildman–Crippen MR) is 96.9 cm³/mol. The summed E-state index contributed by atoms with van der Waals surface area (Å²) >= 11 is 0. The molecule has 0 fully saturated rings. The minimum atomic E-state index is -0.821. The van der Waals surface area contributed by atoms with Crippen LogP contribution in [0.4, 0.5) is 5.69 Å². The Labute approximate surface area is 150 Å². The van der Waals surface area contributed by atoms with Gasteiger partial charge in [0.05, 0.1) is 19.9 Å². The van der Waals surface area contributed by atoms with Crippen molar-refractivity contribution in [1.82, 2.24) is 4.57 Å². The number of rotatable bonds is 6. The number of ether oxygens (including phenoxy) is 2. The molecule has 0 unspecified atom stereocenters. The maximum Gasteiger partial charge on any atom is 0.264 e. The molecule has 0 aliphatic rings. The lowest BCUT2D eigenvalue weighted by Gasteiger charge is -2.15. The van der Waals surface area contributed by atoms with Gasteiger partial charge in [0.15, 0.2) is 0 Å². The van der Waals surface area contributed by atoms with Gasteiger partial charge < -0.3 is 25.1 Å². The smallest absolute Gasteiger partial charge is 0.264 e. The molecule has 8 heteroatoms. The SMILES string of the molecule is COc1ccc(NC(=O)Cn2c(C)cc(C)c(C(N)=O)c2=O)c(OC)c1. The van der Waals surface area contributed by atoms with Crippen LogP contribution in [0.15, 0.2) is 29.1 Å². The molecule has 2 amide bonds. The van der Waals surface area contributed by atoms with E-state index in [1.54, 1.807) is 38.1 Å². The van der Waals surface area contributed by atoms with Gasteiger partial charge in [-0.2, -0.15) is 0 Å². The van der Waals surface area contributed by atoms with Crippen LogP contribution >= 0.6 is 0 Å². The van der Waals surface area contributed by atoms with Gasteiger partial charge in [0.25, 0.3) is 11.5 Å². The number of hydrogen-bond acceptors (Lipinski definition) is 5. The van der Waals surface area contributed by atoms with E-state index in [1.165, 1.54) is 18.8 Å². The summed E-state index contributed by atoms with van der Waals surface area (Å²) in [5.41, 5.74) is 6.03. The number of nitrogens with zero attached hydrogens (tertiary/aromatic N) is 1. The van der Waals surface area contributed by atoms with E-state index in [2.05, 4.69) is 5.32 Å². The van der Waals surface area contributed by atoms with Gasteiger partial charge in [0.2, 0.25) is 5.91 Å². The Morgan fingerprint density at radius 2 is 1.85 bits per heavy atom. The van der Waals surface area contributed by atoms with Gasteiger partial charge in [-0.05, 0) is 37.6 Å². The molecule has 0 radical (unpaired) electrons. The zero-order valence-electron chi connectivity index (χ0n) is 15.1. The first-order chi connectivity index (χ1) is 12.3. The third-order valence-corrected chi connectivity index (χ3v) is 3.94. The van der Waals surface area contributed by atoms with Crippen molar-refractivity contribution < 1.29 is 19.1 Å². The first kappa shape index (κ1) is 19.0. The monoisotopic (exact) mass is 359 g/mol. The van der Waals surface area contributed by atoms with Crippen molar-refractivity contribution in [3.8, 4) is 11.5 Å². The highest BCUT2D eigenvalue weighted by molar-refractivity contribution is 5.94. The Hall–Kier alpha value is -3.29. The molecule has 138 valence electrons. The van der Waals surface area contributed by atoms with Crippen LogP contribution in [-0.2, 0) is 11.3 Å². The lowest BCUT2D eigenvalue weighted by Crippen LogP contribution is -2.35. The molecule has 3 N–H and O–H groups in total. The highest BCUT2D eigenvalue weighted by atomic mass is 16.5. The fraction of sp³-hybridized carbons (Fsp3) is 0.278. The number of methoxy groups -OCH3 is 2. The Morgan fingerprint density at radius 1 is 1.15 bits per heavy atom. The van der Waals surface area contributed by atoms with Gasteiger partial charge >= 0.3 is 0 Å². The van der Waals surface area contributed by atoms with Crippen LogP contribution in [-0.4, -0.2) is 30.6 Å². The van der Waals surface area contributed by atoms with Crippen LogP contribution in [0, 0.1) is 13.8 Å². The number of pyridine rings is 1. The number of benzene rings is 1. The summed E-state index contributed by atoms with van der Waals surface area (Å²) in [6, 6.07) is 6.58. The fourth-order valence-electron chi connectivity index (χ4n) is 2.66. The highest BCUT2D eigenvalue weighted by Gasteiger charge is 2.17.